The van der Waals surface area contributed by atoms with Gasteiger partial charge in [-0.3, -0.25) is 0 Å². The Hall–Kier alpha value is -1.87. The molecule has 0 bridgehead atoms. The van der Waals surface area contributed by atoms with Gasteiger partial charge in [0.05, 0.1) is 13.7 Å². The Morgan fingerprint density at radius 1 is 1.28 bits per heavy atom. The number of ether oxygens (including phenoxy) is 2. The predicted octanol–water partition coefficient (Wildman–Crippen LogP) is 2.83. The van der Waals surface area contributed by atoms with Crippen molar-refractivity contribution in [2.24, 2.45) is 0 Å². The number of carbonyl (C=O) groups excluding carboxylic acids is 1. The lowest BCUT2D eigenvalue weighted by Gasteiger charge is -2.30. The zero-order valence-electron chi connectivity index (χ0n) is 10.6. The van der Waals surface area contributed by atoms with Crippen molar-refractivity contribution in [3.8, 4) is 0 Å². The molecule has 0 saturated carbocycles. The molecular formula is C15H18O3. The number of esters is 1. The lowest BCUT2D eigenvalue weighted by atomic mass is 9.90. The minimum absolute atomic E-state index is 0.262. The van der Waals surface area contributed by atoms with E-state index < -0.39 is 11.6 Å². The van der Waals surface area contributed by atoms with Gasteiger partial charge in [-0.2, -0.15) is 0 Å². The van der Waals surface area contributed by atoms with Crippen LogP contribution in [-0.4, -0.2) is 19.7 Å². The third kappa shape index (κ3) is 2.87. The second-order valence-corrected chi connectivity index (χ2v) is 3.78. The van der Waals surface area contributed by atoms with Crippen LogP contribution >= 0.6 is 0 Å². The Balaban J connectivity index is 3.22. The predicted molar refractivity (Wildman–Crippen MR) is 71.1 cm³/mol. The molecule has 0 heterocycles. The second kappa shape index (κ2) is 6.77. The Labute approximate surface area is 108 Å². The summed E-state index contributed by atoms with van der Waals surface area (Å²) < 4.78 is 10.6. The number of hydrogen-bond donors (Lipinski definition) is 0. The Kier molecular flexibility index (Phi) is 5.33. The number of carbonyl (C=O) groups is 1. The highest BCUT2D eigenvalue weighted by Crippen LogP contribution is 2.31. The summed E-state index contributed by atoms with van der Waals surface area (Å²) in [5, 5.41) is 0. The van der Waals surface area contributed by atoms with Gasteiger partial charge in [0.1, 0.15) is 0 Å². The Morgan fingerprint density at radius 2 is 1.94 bits per heavy atom. The summed E-state index contributed by atoms with van der Waals surface area (Å²) in [6, 6.07) is 9.26. The molecule has 1 aromatic rings. The molecule has 0 N–H and O–H groups in total. The molecule has 3 heteroatoms. The summed E-state index contributed by atoms with van der Waals surface area (Å²) in [5.41, 5.74) is -0.398. The summed E-state index contributed by atoms with van der Waals surface area (Å²) in [7, 11) is 1.35. The molecule has 1 aromatic carbocycles. The highest BCUT2D eigenvalue weighted by atomic mass is 16.6. The first-order valence-corrected chi connectivity index (χ1v) is 5.71. The van der Waals surface area contributed by atoms with E-state index in [2.05, 4.69) is 13.2 Å². The third-order valence-corrected chi connectivity index (χ3v) is 2.63. The highest BCUT2D eigenvalue weighted by Gasteiger charge is 2.41. The van der Waals surface area contributed by atoms with Gasteiger partial charge >= 0.3 is 5.97 Å². The maximum atomic E-state index is 12.1. The van der Waals surface area contributed by atoms with Crippen molar-refractivity contribution in [2.75, 3.05) is 13.7 Å². The first kappa shape index (κ1) is 14.2. The fourth-order valence-corrected chi connectivity index (χ4v) is 1.80. The smallest absolute Gasteiger partial charge is 0.343 e. The average Bonchev–Trinajstić information content (AvgIpc) is 2.43. The van der Waals surface area contributed by atoms with Crippen molar-refractivity contribution in [3.63, 3.8) is 0 Å². The fraction of sp³-hybridized carbons (Fsp3) is 0.267. The van der Waals surface area contributed by atoms with Gasteiger partial charge in [-0.25, -0.2) is 4.79 Å². The quantitative estimate of drug-likeness (QED) is 0.548. The van der Waals surface area contributed by atoms with Crippen LogP contribution in [0, 0.1) is 0 Å². The van der Waals surface area contributed by atoms with E-state index in [0.717, 1.165) is 5.56 Å². The molecule has 0 saturated heterocycles. The van der Waals surface area contributed by atoms with E-state index in [9.17, 15) is 4.79 Å². The molecular weight excluding hydrogens is 228 g/mol. The molecule has 0 spiro atoms. The van der Waals surface area contributed by atoms with E-state index in [4.69, 9.17) is 9.47 Å². The van der Waals surface area contributed by atoms with Crippen molar-refractivity contribution < 1.29 is 14.3 Å². The lowest BCUT2D eigenvalue weighted by Crippen LogP contribution is -2.39. The van der Waals surface area contributed by atoms with Gasteiger partial charge in [0.15, 0.2) is 5.60 Å². The van der Waals surface area contributed by atoms with Crippen LogP contribution in [0.5, 0.6) is 0 Å². The molecule has 0 fully saturated rings. The minimum atomic E-state index is -1.15. The monoisotopic (exact) mass is 246 g/mol. The van der Waals surface area contributed by atoms with Crippen molar-refractivity contribution >= 4 is 5.97 Å². The van der Waals surface area contributed by atoms with Crippen molar-refractivity contribution in [2.45, 2.75) is 12.0 Å². The first-order chi connectivity index (χ1) is 8.71. The first-order valence-electron chi connectivity index (χ1n) is 5.71. The fourth-order valence-electron chi connectivity index (χ4n) is 1.80. The van der Waals surface area contributed by atoms with Gasteiger partial charge in [0.2, 0.25) is 0 Å². The average molecular weight is 246 g/mol. The Morgan fingerprint density at radius 3 is 2.44 bits per heavy atom. The molecule has 0 amide bonds. The standard InChI is InChI=1S/C15H18O3/c1-4-11-15(14(16)17-3,18-12-5-2)13-9-7-6-8-10-13/h4-10H,1-2,11-12H2,3H3. The molecule has 18 heavy (non-hydrogen) atoms. The van der Waals surface area contributed by atoms with Crippen LogP contribution in [-0.2, 0) is 19.9 Å². The van der Waals surface area contributed by atoms with E-state index in [1.807, 2.05) is 30.3 Å². The van der Waals surface area contributed by atoms with E-state index in [-0.39, 0.29) is 6.61 Å². The summed E-state index contributed by atoms with van der Waals surface area (Å²) >= 11 is 0. The summed E-state index contributed by atoms with van der Waals surface area (Å²) in [6.45, 7) is 7.54. The SMILES string of the molecule is C=CCOC(CC=C)(C(=O)OC)c1ccccc1. The van der Waals surface area contributed by atoms with Crippen molar-refractivity contribution in [1.82, 2.24) is 0 Å². The molecule has 1 rings (SSSR count). The zero-order valence-corrected chi connectivity index (χ0v) is 10.6. The molecule has 3 nitrogen and oxygen atoms in total. The number of methoxy groups -OCH3 is 1. The maximum absolute atomic E-state index is 12.1. The third-order valence-electron chi connectivity index (χ3n) is 2.63. The van der Waals surface area contributed by atoms with Crippen LogP contribution in [0.3, 0.4) is 0 Å². The van der Waals surface area contributed by atoms with Gasteiger partial charge in [0, 0.05) is 6.42 Å². The summed E-state index contributed by atoms with van der Waals surface area (Å²) in [6.07, 6.45) is 3.59. The van der Waals surface area contributed by atoms with Gasteiger partial charge in [-0.15, -0.1) is 13.2 Å². The molecule has 0 aliphatic heterocycles. The largest absolute Gasteiger partial charge is 0.467 e. The molecule has 0 radical (unpaired) electrons. The van der Waals surface area contributed by atoms with E-state index in [1.165, 1.54) is 7.11 Å². The van der Waals surface area contributed by atoms with Crippen LogP contribution in [0.1, 0.15) is 12.0 Å². The Bertz CT molecular complexity index is 411. The van der Waals surface area contributed by atoms with E-state index in [0.29, 0.717) is 6.42 Å². The summed E-state index contributed by atoms with van der Waals surface area (Å²) in [5.74, 6) is -0.435. The van der Waals surface area contributed by atoms with E-state index >= 15 is 0 Å². The van der Waals surface area contributed by atoms with Gasteiger partial charge in [-0.05, 0) is 5.56 Å². The van der Waals surface area contributed by atoms with Gasteiger partial charge < -0.3 is 9.47 Å². The molecule has 0 aromatic heterocycles. The normalized spacial score (nSPS) is 13.4. The van der Waals surface area contributed by atoms with E-state index in [1.54, 1.807) is 12.2 Å². The number of benzene rings is 1. The van der Waals surface area contributed by atoms with Crippen molar-refractivity contribution in [1.29, 1.82) is 0 Å². The molecule has 0 aliphatic rings. The highest BCUT2D eigenvalue weighted by molar-refractivity contribution is 5.81. The molecule has 1 atom stereocenters. The number of rotatable bonds is 7. The van der Waals surface area contributed by atoms with Gasteiger partial charge in [-0.1, -0.05) is 42.5 Å². The van der Waals surface area contributed by atoms with Crippen LogP contribution in [0.2, 0.25) is 0 Å². The molecule has 1 unspecified atom stereocenters. The zero-order chi connectivity index (χ0) is 13.4. The van der Waals surface area contributed by atoms with Crippen LogP contribution in [0.25, 0.3) is 0 Å². The second-order valence-electron chi connectivity index (χ2n) is 3.78. The molecule has 0 aliphatic carbocycles. The number of hydrogen-bond acceptors (Lipinski definition) is 3. The van der Waals surface area contributed by atoms with Crippen LogP contribution in [0.15, 0.2) is 55.6 Å². The van der Waals surface area contributed by atoms with Gasteiger partial charge in [0.25, 0.3) is 0 Å². The maximum Gasteiger partial charge on any atom is 0.343 e. The minimum Gasteiger partial charge on any atom is -0.467 e. The molecule has 96 valence electrons. The lowest BCUT2D eigenvalue weighted by molar-refractivity contribution is -0.169. The summed E-state index contributed by atoms with van der Waals surface area (Å²) in [4.78, 5) is 12.1. The topological polar surface area (TPSA) is 35.5 Å². The van der Waals surface area contributed by atoms with Crippen LogP contribution < -0.4 is 0 Å². The van der Waals surface area contributed by atoms with Crippen LogP contribution in [0.4, 0.5) is 0 Å². The van der Waals surface area contributed by atoms with Crippen molar-refractivity contribution in [3.05, 3.63) is 61.2 Å².